The molecule has 0 fully saturated rings. The number of nitro benzene ring substituents is 1. The molecule has 0 aliphatic rings. The normalized spacial score (nSPS) is 12.9. The fourth-order valence-corrected chi connectivity index (χ4v) is 2.40. The summed E-state index contributed by atoms with van der Waals surface area (Å²) in [5.74, 6) is -1.56. The van der Waals surface area contributed by atoms with Gasteiger partial charge in [-0.1, -0.05) is 6.07 Å². The number of aliphatic carboxylic acids is 1. The Morgan fingerprint density at radius 2 is 2.11 bits per heavy atom. The Kier molecular flexibility index (Phi) is 4.53. The van der Waals surface area contributed by atoms with Gasteiger partial charge in [0.2, 0.25) is 10.0 Å². The summed E-state index contributed by atoms with van der Waals surface area (Å²) >= 11 is 0. The molecule has 0 spiro atoms. The van der Waals surface area contributed by atoms with Crippen molar-refractivity contribution >= 4 is 21.7 Å². The van der Waals surface area contributed by atoms with E-state index < -0.39 is 44.1 Å². The van der Waals surface area contributed by atoms with Gasteiger partial charge < -0.3 is 10.2 Å². The lowest BCUT2D eigenvalue weighted by Crippen LogP contribution is -2.43. The zero-order chi connectivity index (χ0) is 14.6. The Morgan fingerprint density at radius 3 is 2.58 bits per heavy atom. The van der Waals surface area contributed by atoms with Crippen LogP contribution in [-0.2, 0) is 14.8 Å². The molecule has 9 nitrogen and oxygen atoms in total. The minimum atomic E-state index is -4.27. The second kappa shape index (κ2) is 5.73. The molecule has 0 aliphatic heterocycles. The van der Waals surface area contributed by atoms with Crippen molar-refractivity contribution in [3.8, 4) is 0 Å². The molecule has 0 aromatic heterocycles. The maximum atomic E-state index is 11.8. The Hall–Kier alpha value is -2.04. The lowest BCUT2D eigenvalue weighted by Gasteiger charge is -2.11. The van der Waals surface area contributed by atoms with Crippen molar-refractivity contribution in [3.05, 3.63) is 34.4 Å². The van der Waals surface area contributed by atoms with E-state index in [0.717, 1.165) is 24.3 Å². The number of non-ortho nitro benzene ring substituents is 1. The molecule has 0 aliphatic carbocycles. The Bertz CT molecular complexity index is 598. The molecule has 0 amide bonds. The fraction of sp³-hybridized carbons (Fsp3) is 0.222. The number of benzene rings is 1. The molecular formula is C9H10N2O7S. The molecule has 1 atom stereocenters. The van der Waals surface area contributed by atoms with E-state index in [4.69, 9.17) is 10.2 Å². The molecule has 1 aromatic carbocycles. The van der Waals surface area contributed by atoms with Gasteiger partial charge in [-0.3, -0.25) is 14.9 Å². The molecular weight excluding hydrogens is 280 g/mol. The highest BCUT2D eigenvalue weighted by Crippen LogP contribution is 2.17. The van der Waals surface area contributed by atoms with Gasteiger partial charge in [-0.15, -0.1) is 0 Å². The lowest BCUT2D eigenvalue weighted by molar-refractivity contribution is -0.385. The van der Waals surface area contributed by atoms with Crippen molar-refractivity contribution < 1.29 is 28.3 Å². The van der Waals surface area contributed by atoms with Crippen LogP contribution in [-0.4, -0.2) is 42.2 Å². The summed E-state index contributed by atoms with van der Waals surface area (Å²) in [7, 11) is -4.27. The molecule has 1 rings (SSSR count). The first kappa shape index (κ1) is 15.0. The van der Waals surface area contributed by atoms with E-state index in [1.807, 2.05) is 0 Å². The molecule has 10 heteroatoms. The van der Waals surface area contributed by atoms with Gasteiger partial charge in [0.15, 0.2) is 0 Å². The van der Waals surface area contributed by atoms with Crippen LogP contribution in [0, 0.1) is 10.1 Å². The van der Waals surface area contributed by atoms with E-state index >= 15 is 0 Å². The number of carboxylic acid groups (broad SMARTS) is 1. The zero-order valence-electron chi connectivity index (χ0n) is 9.38. The van der Waals surface area contributed by atoms with Gasteiger partial charge in [0.1, 0.15) is 6.04 Å². The average Bonchev–Trinajstić information content (AvgIpc) is 2.35. The van der Waals surface area contributed by atoms with Crippen LogP contribution in [0.3, 0.4) is 0 Å². The first-order valence-electron chi connectivity index (χ1n) is 4.88. The smallest absolute Gasteiger partial charge is 0.324 e. The monoisotopic (exact) mass is 290 g/mol. The molecule has 1 aromatic rings. The van der Waals surface area contributed by atoms with Gasteiger partial charge in [-0.2, -0.15) is 4.72 Å². The van der Waals surface area contributed by atoms with E-state index in [1.54, 1.807) is 4.72 Å². The Labute approximate surface area is 107 Å². The number of aliphatic hydroxyl groups excluding tert-OH is 1. The third kappa shape index (κ3) is 3.71. The number of aliphatic hydroxyl groups is 1. The molecule has 0 saturated carbocycles. The SMILES string of the molecule is O=C(O)[C@H](CO)NS(=O)(=O)c1cccc([N+](=O)[O-])c1. The Morgan fingerprint density at radius 1 is 1.47 bits per heavy atom. The second-order valence-electron chi connectivity index (χ2n) is 3.45. The van der Waals surface area contributed by atoms with E-state index in [1.165, 1.54) is 0 Å². The number of carbonyl (C=O) groups is 1. The van der Waals surface area contributed by atoms with Crippen molar-refractivity contribution in [1.29, 1.82) is 0 Å². The molecule has 0 saturated heterocycles. The molecule has 0 radical (unpaired) electrons. The van der Waals surface area contributed by atoms with Gasteiger partial charge >= 0.3 is 5.97 Å². The summed E-state index contributed by atoms with van der Waals surface area (Å²) < 4.78 is 25.3. The van der Waals surface area contributed by atoms with Crippen molar-refractivity contribution in [2.24, 2.45) is 0 Å². The fourth-order valence-electron chi connectivity index (χ4n) is 1.19. The molecule has 0 heterocycles. The number of hydrogen-bond donors (Lipinski definition) is 3. The van der Waals surface area contributed by atoms with Crippen LogP contribution in [0.15, 0.2) is 29.2 Å². The highest BCUT2D eigenvalue weighted by Gasteiger charge is 2.25. The third-order valence-corrected chi connectivity index (χ3v) is 3.59. The summed E-state index contributed by atoms with van der Waals surface area (Å²) in [6, 6.07) is 2.40. The summed E-state index contributed by atoms with van der Waals surface area (Å²) in [6.07, 6.45) is 0. The summed E-state index contributed by atoms with van der Waals surface area (Å²) in [6.45, 7) is -0.941. The van der Waals surface area contributed by atoms with Gasteiger partial charge in [0.25, 0.3) is 5.69 Å². The quantitative estimate of drug-likeness (QED) is 0.464. The summed E-state index contributed by atoms with van der Waals surface area (Å²) in [5, 5.41) is 27.9. The third-order valence-electron chi connectivity index (χ3n) is 2.12. The van der Waals surface area contributed by atoms with E-state index in [2.05, 4.69) is 0 Å². The van der Waals surface area contributed by atoms with Crippen molar-refractivity contribution in [2.45, 2.75) is 10.9 Å². The molecule has 0 bridgehead atoms. The van der Waals surface area contributed by atoms with Crippen LogP contribution in [0.2, 0.25) is 0 Å². The largest absolute Gasteiger partial charge is 0.480 e. The molecule has 0 unspecified atom stereocenters. The van der Waals surface area contributed by atoms with Gasteiger partial charge in [-0.25, -0.2) is 8.42 Å². The van der Waals surface area contributed by atoms with Crippen LogP contribution in [0.1, 0.15) is 0 Å². The highest BCUT2D eigenvalue weighted by atomic mass is 32.2. The number of carboxylic acids is 1. The molecule has 104 valence electrons. The topological polar surface area (TPSA) is 147 Å². The number of sulfonamides is 1. The van der Waals surface area contributed by atoms with E-state index in [0.29, 0.717) is 0 Å². The number of nitrogens with zero attached hydrogens (tertiary/aromatic N) is 1. The first-order valence-corrected chi connectivity index (χ1v) is 6.36. The van der Waals surface area contributed by atoms with Crippen molar-refractivity contribution in [3.63, 3.8) is 0 Å². The zero-order valence-corrected chi connectivity index (χ0v) is 10.2. The molecule has 3 N–H and O–H groups in total. The van der Waals surface area contributed by atoms with Crippen LogP contribution in [0.5, 0.6) is 0 Å². The van der Waals surface area contributed by atoms with Crippen molar-refractivity contribution in [2.75, 3.05) is 6.61 Å². The second-order valence-corrected chi connectivity index (χ2v) is 5.16. The number of nitro groups is 1. The minimum Gasteiger partial charge on any atom is -0.480 e. The highest BCUT2D eigenvalue weighted by molar-refractivity contribution is 7.89. The van der Waals surface area contributed by atoms with E-state index in [-0.39, 0.29) is 0 Å². The average molecular weight is 290 g/mol. The number of nitrogens with one attached hydrogen (secondary N) is 1. The minimum absolute atomic E-state index is 0.446. The number of hydrogen-bond acceptors (Lipinski definition) is 6. The summed E-state index contributed by atoms with van der Waals surface area (Å²) in [4.78, 5) is 19.9. The maximum Gasteiger partial charge on any atom is 0.324 e. The van der Waals surface area contributed by atoms with E-state index in [9.17, 15) is 23.3 Å². The maximum absolute atomic E-state index is 11.8. The van der Waals surface area contributed by atoms with Gasteiger partial charge in [0, 0.05) is 12.1 Å². The predicted octanol–water partition coefficient (Wildman–Crippen LogP) is -0.681. The van der Waals surface area contributed by atoms with Crippen LogP contribution < -0.4 is 4.72 Å². The van der Waals surface area contributed by atoms with Gasteiger partial charge in [0.05, 0.1) is 16.4 Å². The summed E-state index contributed by atoms with van der Waals surface area (Å²) in [5.41, 5.74) is -0.446. The van der Waals surface area contributed by atoms with Gasteiger partial charge in [-0.05, 0) is 6.07 Å². The first-order chi connectivity index (χ1) is 8.77. The van der Waals surface area contributed by atoms with Crippen LogP contribution >= 0.6 is 0 Å². The van der Waals surface area contributed by atoms with Crippen LogP contribution in [0.25, 0.3) is 0 Å². The lowest BCUT2D eigenvalue weighted by atomic mass is 10.3. The Balaban J connectivity index is 3.10. The predicted molar refractivity (Wildman–Crippen MR) is 61.9 cm³/mol. The van der Waals surface area contributed by atoms with Crippen LogP contribution in [0.4, 0.5) is 5.69 Å². The molecule has 19 heavy (non-hydrogen) atoms. The number of rotatable bonds is 6. The standard InChI is InChI=1S/C9H10N2O7S/c12-5-8(9(13)14)10-19(17,18)7-3-1-2-6(4-7)11(15)16/h1-4,8,10,12H,5H2,(H,13,14)/t8-/m0/s1. The van der Waals surface area contributed by atoms with Crippen molar-refractivity contribution in [1.82, 2.24) is 4.72 Å².